The molecule has 3 rings (SSSR count). The van der Waals surface area contributed by atoms with Gasteiger partial charge in [-0.3, -0.25) is 4.31 Å². The van der Waals surface area contributed by atoms with Gasteiger partial charge < -0.3 is 14.2 Å². The minimum absolute atomic E-state index is 0.0215. The Morgan fingerprint density at radius 2 is 1.89 bits per heavy atom. The maximum atomic E-state index is 13.3. The number of fused-ring (bicyclic) bond motifs is 1. The molecule has 1 aliphatic heterocycles. The summed E-state index contributed by atoms with van der Waals surface area (Å²) in [7, 11) is -2.75. The summed E-state index contributed by atoms with van der Waals surface area (Å²) in [5.74, 6) is 0.226. The molecule has 0 bridgehead atoms. The van der Waals surface area contributed by atoms with Crippen molar-refractivity contribution in [2.45, 2.75) is 4.90 Å². The first kappa shape index (κ1) is 18.8. The van der Waals surface area contributed by atoms with Crippen LogP contribution in [0.4, 0.5) is 5.69 Å². The molecule has 0 radical (unpaired) electrons. The fourth-order valence-corrected chi connectivity index (χ4v) is 4.20. The molecule has 0 unspecified atom stereocenters. The van der Waals surface area contributed by atoms with E-state index in [1.165, 1.54) is 31.4 Å². The summed E-state index contributed by atoms with van der Waals surface area (Å²) >= 11 is 0. The number of hydrogen-bond donors (Lipinski definition) is 0. The number of ether oxygens (including phenoxy) is 3. The normalized spacial score (nSPS) is 12.9. The fourth-order valence-electron chi connectivity index (χ4n) is 2.73. The molecule has 2 aromatic rings. The van der Waals surface area contributed by atoms with Crippen molar-refractivity contribution in [1.82, 2.24) is 0 Å². The Bertz CT molecular complexity index is 970. The molecular weight excluding hydrogens is 370 g/mol. The van der Waals surface area contributed by atoms with E-state index in [9.17, 15) is 13.2 Å². The molecule has 0 spiro atoms. The van der Waals surface area contributed by atoms with E-state index >= 15 is 0 Å². The van der Waals surface area contributed by atoms with Crippen LogP contribution < -0.4 is 13.8 Å². The number of carbonyl (C=O) groups is 1. The van der Waals surface area contributed by atoms with Gasteiger partial charge in [-0.25, -0.2) is 13.2 Å². The van der Waals surface area contributed by atoms with Crippen LogP contribution in [0.2, 0.25) is 0 Å². The molecule has 0 aromatic heterocycles. The number of anilines is 1. The summed E-state index contributed by atoms with van der Waals surface area (Å²) in [4.78, 5) is 12.1. The molecule has 142 valence electrons. The van der Waals surface area contributed by atoms with Crippen molar-refractivity contribution in [3.05, 3.63) is 60.7 Å². The zero-order valence-electron chi connectivity index (χ0n) is 14.8. The van der Waals surface area contributed by atoms with Gasteiger partial charge in [-0.2, -0.15) is 0 Å². The van der Waals surface area contributed by atoms with Crippen LogP contribution in [-0.2, 0) is 14.8 Å². The first-order valence-electron chi connectivity index (χ1n) is 8.19. The molecule has 0 saturated heterocycles. The Balaban J connectivity index is 2.10. The standard InChI is InChI=1S/C19H19NO6S/c1-3-10-20(16-7-5-4-6-15(16)19(21)24-2)27(22,23)14-8-9-17-18(13-14)26-12-11-25-17/h3-9,13H,1,10-12H2,2H3. The van der Waals surface area contributed by atoms with Gasteiger partial charge in [0.05, 0.1) is 29.8 Å². The monoisotopic (exact) mass is 389 g/mol. The van der Waals surface area contributed by atoms with Crippen molar-refractivity contribution in [2.75, 3.05) is 31.2 Å². The predicted octanol–water partition coefficient (Wildman–Crippen LogP) is 2.63. The largest absolute Gasteiger partial charge is 0.486 e. The highest BCUT2D eigenvalue weighted by Gasteiger charge is 2.29. The van der Waals surface area contributed by atoms with E-state index < -0.39 is 16.0 Å². The van der Waals surface area contributed by atoms with Crippen LogP contribution in [0.5, 0.6) is 11.5 Å². The van der Waals surface area contributed by atoms with Gasteiger partial charge in [-0.1, -0.05) is 18.2 Å². The Kier molecular flexibility index (Phi) is 5.36. The molecule has 0 fully saturated rings. The third-order valence-electron chi connectivity index (χ3n) is 3.97. The molecule has 1 heterocycles. The van der Waals surface area contributed by atoms with Crippen molar-refractivity contribution in [3.63, 3.8) is 0 Å². The lowest BCUT2D eigenvalue weighted by atomic mass is 10.2. The summed E-state index contributed by atoms with van der Waals surface area (Å²) in [5.41, 5.74) is 0.349. The predicted molar refractivity (Wildman–Crippen MR) is 99.9 cm³/mol. The average molecular weight is 389 g/mol. The van der Waals surface area contributed by atoms with E-state index in [0.29, 0.717) is 24.7 Å². The van der Waals surface area contributed by atoms with E-state index in [4.69, 9.17) is 14.2 Å². The highest BCUT2D eigenvalue weighted by atomic mass is 32.2. The van der Waals surface area contributed by atoms with E-state index in [1.807, 2.05) is 0 Å². The number of rotatable bonds is 6. The lowest BCUT2D eigenvalue weighted by Gasteiger charge is -2.26. The van der Waals surface area contributed by atoms with E-state index in [1.54, 1.807) is 24.3 Å². The van der Waals surface area contributed by atoms with Gasteiger partial charge in [0.15, 0.2) is 11.5 Å². The Labute approximate surface area is 157 Å². The second-order valence-electron chi connectivity index (χ2n) is 5.64. The molecule has 27 heavy (non-hydrogen) atoms. The van der Waals surface area contributed by atoms with Crippen LogP contribution in [0.15, 0.2) is 60.0 Å². The summed E-state index contributed by atoms with van der Waals surface area (Å²) in [6, 6.07) is 10.8. The molecule has 2 aromatic carbocycles. The van der Waals surface area contributed by atoms with Gasteiger partial charge in [0.25, 0.3) is 10.0 Å². The molecule has 0 saturated carbocycles. The number of benzene rings is 2. The van der Waals surface area contributed by atoms with Crippen LogP contribution in [0.3, 0.4) is 0 Å². The van der Waals surface area contributed by atoms with Gasteiger partial charge in [0.2, 0.25) is 0 Å². The van der Waals surface area contributed by atoms with Crippen molar-refractivity contribution < 1.29 is 27.4 Å². The maximum absolute atomic E-state index is 13.3. The van der Waals surface area contributed by atoms with Crippen molar-refractivity contribution in [2.24, 2.45) is 0 Å². The number of sulfonamides is 1. The molecule has 0 aliphatic carbocycles. The van der Waals surface area contributed by atoms with Crippen LogP contribution in [0, 0.1) is 0 Å². The van der Waals surface area contributed by atoms with Crippen LogP contribution in [0.25, 0.3) is 0 Å². The molecule has 8 heteroatoms. The van der Waals surface area contributed by atoms with Crippen molar-refractivity contribution >= 4 is 21.7 Å². The zero-order valence-corrected chi connectivity index (χ0v) is 15.6. The number of carbonyl (C=O) groups excluding carboxylic acids is 1. The van der Waals surface area contributed by atoms with Crippen molar-refractivity contribution in [1.29, 1.82) is 0 Å². The Morgan fingerprint density at radius 3 is 2.59 bits per heavy atom. The topological polar surface area (TPSA) is 82.1 Å². The number of esters is 1. The molecule has 7 nitrogen and oxygen atoms in total. The number of hydrogen-bond acceptors (Lipinski definition) is 6. The third-order valence-corrected chi connectivity index (χ3v) is 5.75. The second kappa shape index (κ2) is 7.71. The third kappa shape index (κ3) is 3.61. The van der Waals surface area contributed by atoms with Gasteiger partial charge in [0, 0.05) is 6.07 Å². The molecule has 0 atom stereocenters. The SMILES string of the molecule is C=CCN(c1ccccc1C(=O)OC)S(=O)(=O)c1ccc2c(c1)OCCO2. The summed E-state index contributed by atoms with van der Waals surface area (Å²) in [6.07, 6.45) is 1.45. The zero-order chi connectivity index (χ0) is 19.4. The van der Waals surface area contributed by atoms with Crippen LogP contribution in [-0.4, -0.2) is 41.3 Å². The smallest absolute Gasteiger partial charge is 0.340 e. The first-order valence-corrected chi connectivity index (χ1v) is 9.63. The second-order valence-corrected chi connectivity index (χ2v) is 7.50. The Morgan fingerprint density at radius 1 is 1.19 bits per heavy atom. The Hall–Kier alpha value is -3.00. The highest BCUT2D eigenvalue weighted by molar-refractivity contribution is 7.92. The van der Waals surface area contributed by atoms with Gasteiger partial charge >= 0.3 is 5.97 Å². The number of nitrogens with zero attached hydrogens (tertiary/aromatic N) is 1. The lowest BCUT2D eigenvalue weighted by molar-refractivity contribution is 0.0601. The van der Waals surface area contributed by atoms with E-state index in [0.717, 1.165) is 4.31 Å². The van der Waals surface area contributed by atoms with Crippen molar-refractivity contribution in [3.8, 4) is 11.5 Å². The molecular formula is C19H19NO6S. The van der Waals surface area contributed by atoms with Gasteiger partial charge in [-0.05, 0) is 24.3 Å². The summed E-state index contributed by atoms with van der Waals surface area (Å²) in [6.45, 7) is 4.36. The molecule has 0 amide bonds. The van der Waals surface area contributed by atoms with E-state index in [2.05, 4.69) is 6.58 Å². The molecule has 0 N–H and O–H groups in total. The summed E-state index contributed by atoms with van der Waals surface area (Å²) < 4.78 is 43.4. The fraction of sp³-hybridized carbons (Fsp3) is 0.211. The quantitative estimate of drug-likeness (QED) is 0.558. The number of methoxy groups -OCH3 is 1. The minimum atomic E-state index is -4.00. The first-order chi connectivity index (χ1) is 13.0. The number of para-hydroxylation sites is 1. The van der Waals surface area contributed by atoms with Crippen LogP contribution in [0.1, 0.15) is 10.4 Å². The van der Waals surface area contributed by atoms with Crippen LogP contribution >= 0.6 is 0 Å². The summed E-state index contributed by atoms with van der Waals surface area (Å²) in [5, 5.41) is 0. The van der Waals surface area contributed by atoms with Gasteiger partial charge in [-0.15, -0.1) is 6.58 Å². The lowest BCUT2D eigenvalue weighted by Crippen LogP contribution is -2.32. The van der Waals surface area contributed by atoms with Gasteiger partial charge in [0.1, 0.15) is 13.2 Å². The molecule has 1 aliphatic rings. The van der Waals surface area contributed by atoms with E-state index in [-0.39, 0.29) is 22.7 Å². The maximum Gasteiger partial charge on any atom is 0.340 e. The average Bonchev–Trinajstić information content (AvgIpc) is 2.71. The minimum Gasteiger partial charge on any atom is -0.486 e. The highest BCUT2D eigenvalue weighted by Crippen LogP contribution is 2.35.